The van der Waals surface area contributed by atoms with Crippen molar-refractivity contribution in [2.24, 2.45) is 0 Å². The molecular formula is C26H35FN7O8P. The number of imidazole rings is 1. The van der Waals surface area contributed by atoms with E-state index in [1.807, 2.05) is 0 Å². The van der Waals surface area contributed by atoms with Crippen molar-refractivity contribution in [3.05, 3.63) is 36.7 Å². The summed E-state index contributed by atoms with van der Waals surface area (Å²) in [5.41, 5.74) is 3.57. The second-order valence-corrected chi connectivity index (χ2v) is 12.5. The average Bonchev–Trinajstić information content (AvgIpc) is 3.62. The van der Waals surface area contributed by atoms with Crippen LogP contribution < -0.4 is 20.7 Å². The van der Waals surface area contributed by atoms with Crippen LogP contribution in [0.1, 0.15) is 39.8 Å². The summed E-state index contributed by atoms with van der Waals surface area (Å²) < 4.78 is 53.5. The van der Waals surface area contributed by atoms with Gasteiger partial charge >= 0.3 is 13.7 Å². The molecule has 2 fully saturated rings. The molecule has 234 valence electrons. The number of halogens is 1. The lowest BCUT2D eigenvalue weighted by atomic mass is 9.97. The summed E-state index contributed by atoms with van der Waals surface area (Å²) in [6, 6.07) is 7.13. The molecule has 0 bridgehead atoms. The number of fused-ring (bicyclic) bond motifs is 1. The minimum atomic E-state index is -4.36. The highest BCUT2D eigenvalue weighted by Gasteiger charge is 2.59. The average molecular weight is 624 g/mol. The Labute approximate surface area is 246 Å². The van der Waals surface area contributed by atoms with Gasteiger partial charge in [-0.15, -0.1) is 0 Å². The molecule has 2 aliphatic rings. The second kappa shape index (κ2) is 12.3. The Morgan fingerprint density at radius 3 is 2.65 bits per heavy atom. The summed E-state index contributed by atoms with van der Waals surface area (Å²) in [6.45, 7) is 2.93. The van der Waals surface area contributed by atoms with Gasteiger partial charge in [0.25, 0.3) is 0 Å². The molecule has 1 aromatic carbocycles. The Balaban J connectivity index is 1.38. The number of hydrogen-bond donors (Lipinski definition) is 5. The number of alkyl halides is 1. The largest absolute Gasteiger partial charge is 0.462 e. The maximum atomic E-state index is 16.3. The predicted octanol–water partition coefficient (Wildman–Crippen LogP) is 2.08. The predicted molar refractivity (Wildman–Crippen MR) is 152 cm³/mol. The number of anilines is 2. The van der Waals surface area contributed by atoms with E-state index in [-0.39, 0.29) is 23.4 Å². The minimum Gasteiger partial charge on any atom is -0.462 e. The van der Waals surface area contributed by atoms with Gasteiger partial charge in [0.1, 0.15) is 24.0 Å². The number of rotatable bonds is 13. The van der Waals surface area contributed by atoms with Crippen LogP contribution in [0.15, 0.2) is 36.7 Å². The molecule has 0 amide bonds. The van der Waals surface area contributed by atoms with E-state index in [2.05, 4.69) is 25.4 Å². The molecule has 17 heteroatoms. The van der Waals surface area contributed by atoms with Gasteiger partial charge in [-0.05, 0) is 45.7 Å². The van der Waals surface area contributed by atoms with E-state index >= 15 is 4.39 Å². The number of hydrogen-bond acceptors (Lipinski definition) is 13. The SMILES string of the molecule is CC(C)OC(=O)[C@H](C)N[P@](=O)(OC[C@H]1O[C@@H](n2cnc3c(NC4CC4)nc(N)nc32)[C@@](F)(CO)[C@@H]1O)Oc1ccccc1. The summed E-state index contributed by atoms with van der Waals surface area (Å²) in [4.78, 5) is 25.1. The van der Waals surface area contributed by atoms with Gasteiger partial charge in [0.15, 0.2) is 23.2 Å². The minimum absolute atomic E-state index is 0.0977. The standard InChI is InChI=1S/C26H35FN7O8P/c1-14(2)40-23(37)15(3)33-43(38,42-17-7-5-4-6-8-17)39-11-18-20(36)26(27,12-35)24(41-18)34-13-29-19-21(30-16-9-10-16)31-25(28)32-22(19)34/h4-8,13-16,18,20,24,35-36H,9-12H2,1-3H3,(H,33,38)(H3,28,30,31,32)/t15-,18+,20+,24+,26+,43-/m0/s1. The number of carbonyl (C=O) groups is 1. The van der Waals surface area contributed by atoms with Gasteiger partial charge in [-0.1, -0.05) is 18.2 Å². The summed E-state index contributed by atoms with van der Waals surface area (Å²) in [5, 5.41) is 26.8. The third-order valence-corrected chi connectivity index (χ3v) is 8.49. The number of aliphatic hydroxyl groups excluding tert-OH is 2. The Morgan fingerprint density at radius 1 is 1.28 bits per heavy atom. The molecule has 0 radical (unpaired) electrons. The molecule has 0 spiro atoms. The van der Waals surface area contributed by atoms with Gasteiger partial charge in [0.05, 0.1) is 25.6 Å². The van der Waals surface area contributed by atoms with Crippen molar-refractivity contribution >= 4 is 36.6 Å². The number of aromatic nitrogens is 4. The molecular weight excluding hydrogens is 588 g/mol. The van der Waals surface area contributed by atoms with E-state index in [1.165, 1.54) is 30.0 Å². The van der Waals surface area contributed by atoms with Crippen molar-refractivity contribution in [1.29, 1.82) is 0 Å². The van der Waals surface area contributed by atoms with Gasteiger partial charge in [-0.25, -0.2) is 13.9 Å². The number of nitrogens with one attached hydrogen (secondary N) is 2. The van der Waals surface area contributed by atoms with Crippen LogP contribution in [0.5, 0.6) is 5.75 Å². The Hall–Kier alpha value is -3.40. The summed E-state index contributed by atoms with van der Waals surface area (Å²) in [6.07, 6.45) is -2.30. The second-order valence-electron chi connectivity index (χ2n) is 10.8. The molecule has 43 heavy (non-hydrogen) atoms. The molecule has 1 aliphatic carbocycles. The Kier molecular flexibility index (Phi) is 8.88. The lowest BCUT2D eigenvalue weighted by Gasteiger charge is -2.27. The van der Waals surface area contributed by atoms with Crippen molar-refractivity contribution in [3.8, 4) is 5.75 Å². The molecule has 1 saturated carbocycles. The highest BCUT2D eigenvalue weighted by Crippen LogP contribution is 2.48. The number of nitrogens with zero attached hydrogens (tertiary/aromatic N) is 4. The van der Waals surface area contributed by atoms with Crippen LogP contribution in [0.25, 0.3) is 11.2 Å². The molecule has 5 rings (SSSR count). The van der Waals surface area contributed by atoms with Gasteiger partial charge in [-0.2, -0.15) is 15.1 Å². The fraction of sp³-hybridized carbons (Fsp3) is 0.538. The fourth-order valence-electron chi connectivity index (χ4n) is 4.54. The van der Waals surface area contributed by atoms with Crippen LogP contribution in [0.3, 0.4) is 0 Å². The van der Waals surface area contributed by atoms with Crippen molar-refractivity contribution < 1.29 is 42.5 Å². The van der Waals surface area contributed by atoms with Crippen LogP contribution in [0, 0.1) is 0 Å². The fourth-order valence-corrected chi connectivity index (χ4v) is 6.04. The van der Waals surface area contributed by atoms with Crippen molar-refractivity contribution in [2.45, 2.75) is 75.9 Å². The van der Waals surface area contributed by atoms with Crippen molar-refractivity contribution in [3.63, 3.8) is 0 Å². The van der Waals surface area contributed by atoms with Gasteiger partial charge < -0.3 is 35.3 Å². The van der Waals surface area contributed by atoms with E-state index in [1.54, 1.807) is 32.0 Å². The van der Waals surface area contributed by atoms with Crippen LogP contribution in [0.4, 0.5) is 16.2 Å². The highest BCUT2D eigenvalue weighted by molar-refractivity contribution is 7.52. The third-order valence-electron chi connectivity index (χ3n) is 6.84. The first-order chi connectivity index (χ1) is 20.4. The number of para-hydroxylation sites is 1. The number of aliphatic hydroxyl groups is 2. The highest BCUT2D eigenvalue weighted by atomic mass is 31.2. The first kappa shape index (κ1) is 31.0. The normalized spacial score (nSPS) is 25.9. The number of carbonyl (C=O) groups excluding carboxylic acids is 1. The molecule has 6 atom stereocenters. The molecule has 6 N–H and O–H groups in total. The number of esters is 1. The van der Waals surface area contributed by atoms with E-state index in [0.29, 0.717) is 11.3 Å². The first-order valence-electron chi connectivity index (χ1n) is 13.8. The Morgan fingerprint density at radius 2 is 2.00 bits per heavy atom. The van der Waals surface area contributed by atoms with Crippen LogP contribution in [-0.2, 0) is 23.4 Å². The van der Waals surface area contributed by atoms with E-state index in [0.717, 1.165) is 12.8 Å². The monoisotopic (exact) mass is 623 g/mol. The summed E-state index contributed by atoms with van der Waals surface area (Å²) >= 11 is 0. The van der Waals surface area contributed by atoms with Gasteiger partial charge in [-0.3, -0.25) is 13.9 Å². The molecule has 0 unspecified atom stereocenters. The summed E-state index contributed by atoms with van der Waals surface area (Å²) in [7, 11) is -4.36. The zero-order chi connectivity index (χ0) is 30.9. The van der Waals surface area contributed by atoms with Gasteiger partial charge in [0.2, 0.25) is 11.6 Å². The lowest BCUT2D eigenvalue weighted by molar-refractivity contribution is -0.149. The molecule has 3 aromatic rings. The molecule has 2 aromatic heterocycles. The quantitative estimate of drug-likeness (QED) is 0.137. The van der Waals surface area contributed by atoms with Crippen LogP contribution in [0.2, 0.25) is 0 Å². The molecule has 1 saturated heterocycles. The zero-order valence-electron chi connectivity index (χ0n) is 23.8. The van der Waals surface area contributed by atoms with Crippen molar-refractivity contribution in [2.75, 3.05) is 24.3 Å². The third kappa shape index (κ3) is 6.74. The lowest BCUT2D eigenvalue weighted by Crippen LogP contribution is -2.46. The number of nitrogens with two attached hydrogens (primary N) is 1. The molecule has 15 nitrogen and oxygen atoms in total. The number of nitrogen functional groups attached to an aromatic ring is 1. The van der Waals surface area contributed by atoms with Crippen LogP contribution in [-0.4, -0.2) is 85.0 Å². The van der Waals surface area contributed by atoms with Gasteiger partial charge in [0, 0.05) is 6.04 Å². The van der Waals surface area contributed by atoms with E-state index in [9.17, 15) is 19.6 Å². The smallest absolute Gasteiger partial charge is 0.459 e. The number of ether oxygens (including phenoxy) is 2. The maximum Gasteiger partial charge on any atom is 0.459 e. The molecule has 3 heterocycles. The zero-order valence-corrected chi connectivity index (χ0v) is 24.7. The molecule has 1 aliphatic heterocycles. The number of benzene rings is 1. The first-order valence-corrected chi connectivity index (χ1v) is 15.3. The summed E-state index contributed by atoms with van der Waals surface area (Å²) in [5.74, 6) is -0.286. The van der Waals surface area contributed by atoms with Crippen molar-refractivity contribution in [1.82, 2.24) is 24.6 Å². The van der Waals surface area contributed by atoms with E-state index in [4.69, 9.17) is 24.3 Å². The Bertz CT molecular complexity index is 1490. The maximum absolute atomic E-state index is 16.3. The topological polar surface area (TPSA) is 205 Å². The van der Waals surface area contributed by atoms with Crippen LogP contribution >= 0.6 is 7.75 Å². The van der Waals surface area contributed by atoms with E-state index < -0.39 is 63.2 Å².